The van der Waals surface area contributed by atoms with Gasteiger partial charge in [-0.1, -0.05) is 31.0 Å². The second-order valence-electron chi connectivity index (χ2n) is 6.27. The van der Waals surface area contributed by atoms with Gasteiger partial charge >= 0.3 is 6.18 Å². The molecule has 1 saturated carbocycles. The standard InChI is InChI=1S/C17H19F3N2O3/c18-17(19,20)16(24)13-9-5-2-6-10-14(13)21-22(16)15(23)11-25-12-7-3-1-4-8-12/h1,3-4,7-8,13,24H,2,5-6,9-11H2/t13-,16-/m1/s1. The summed E-state index contributed by atoms with van der Waals surface area (Å²) in [7, 11) is 0. The van der Waals surface area contributed by atoms with Gasteiger partial charge in [-0.15, -0.1) is 0 Å². The highest BCUT2D eigenvalue weighted by molar-refractivity contribution is 5.93. The number of hydrogen-bond donors (Lipinski definition) is 1. The van der Waals surface area contributed by atoms with Crippen molar-refractivity contribution in [1.29, 1.82) is 0 Å². The maximum absolute atomic E-state index is 13.7. The molecule has 1 fully saturated rings. The van der Waals surface area contributed by atoms with Crippen LogP contribution in [-0.2, 0) is 4.79 Å². The predicted molar refractivity (Wildman–Crippen MR) is 83.8 cm³/mol. The number of hydrogen-bond acceptors (Lipinski definition) is 4. The van der Waals surface area contributed by atoms with Crippen molar-refractivity contribution in [2.75, 3.05) is 6.61 Å². The summed E-state index contributed by atoms with van der Waals surface area (Å²) in [6.45, 7) is -0.633. The topological polar surface area (TPSA) is 62.1 Å². The van der Waals surface area contributed by atoms with Crippen LogP contribution in [0.1, 0.15) is 32.1 Å². The number of benzene rings is 1. The molecule has 0 bridgehead atoms. The molecule has 2 aliphatic rings. The number of carbonyl (C=O) groups excluding carboxylic acids is 1. The van der Waals surface area contributed by atoms with Crippen molar-refractivity contribution in [3.05, 3.63) is 30.3 Å². The van der Waals surface area contributed by atoms with Gasteiger partial charge in [-0.05, 0) is 31.4 Å². The van der Waals surface area contributed by atoms with E-state index in [0.717, 1.165) is 6.42 Å². The molecule has 0 aromatic heterocycles. The van der Waals surface area contributed by atoms with E-state index in [9.17, 15) is 23.1 Å². The molecular formula is C17H19F3N2O3. The van der Waals surface area contributed by atoms with E-state index in [4.69, 9.17) is 4.74 Å². The van der Waals surface area contributed by atoms with Gasteiger partial charge in [0.15, 0.2) is 6.61 Å². The normalized spacial score (nSPS) is 26.6. The molecule has 1 amide bonds. The highest BCUT2D eigenvalue weighted by Gasteiger charge is 2.68. The molecule has 1 heterocycles. The van der Waals surface area contributed by atoms with Crippen LogP contribution in [0.2, 0.25) is 0 Å². The molecule has 25 heavy (non-hydrogen) atoms. The van der Waals surface area contributed by atoms with Gasteiger partial charge in [0.25, 0.3) is 11.6 Å². The molecule has 1 aliphatic heterocycles. The number of alkyl halides is 3. The molecule has 2 atom stereocenters. The van der Waals surface area contributed by atoms with Gasteiger partial charge in [0.05, 0.1) is 5.92 Å². The number of ether oxygens (including phenoxy) is 1. The summed E-state index contributed by atoms with van der Waals surface area (Å²) in [5.74, 6) is -1.88. The summed E-state index contributed by atoms with van der Waals surface area (Å²) in [6.07, 6.45) is -2.45. The van der Waals surface area contributed by atoms with E-state index >= 15 is 0 Å². The molecular weight excluding hydrogens is 337 g/mol. The lowest BCUT2D eigenvalue weighted by atomic mass is 9.87. The summed E-state index contributed by atoms with van der Waals surface area (Å²) in [4.78, 5) is 12.3. The van der Waals surface area contributed by atoms with E-state index in [2.05, 4.69) is 5.10 Å². The van der Waals surface area contributed by atoms with Gasteiger partial charge in [0, 0.05) is 5.71 Å². The third-order valence-corrected chi connectivity index (χ3v) is 4.62. The fourth-order valence-corrected chi connectivity index (χ4v) is 3.36. The summed E-state index contributed by atoms with van der Waals surface area (Å²) in [6, 6.07) is 8.28. The number of nitrogens with zero attached hydrogens (tertiary/aromatic N) is 2. The molecule has 1 aromatic carbocycles. The van der Waals surface area contributed by atoms with Crippen LogP contribution in [0.25, 0.3) is 0 Å². The third-order valence-electron chi connectivity index (χ3n) is 4.62. The van der Waals surface area contributed by atoms with Gasteiger partial charge < -0.3 is 9.84 Å². The second-order valence-corrected chi connectivity index (χ2v) is 6.27. The average molecular weight is 356 g/mol. The first-order valence-corrected chi connectivity index (χ1v) is 8.21. The van der Waals surface area contributed by atoms with Crippen molar-refractivity contribution >= 4 is 11.6 Å². The molecule has 0 unspecified atom stereocenters. The number of aliphatic hydroxyl groups is 1. The minimum atomic E-state index is -5.00. The fraction of sp³-hybridized carbons (Fsp3) is 0.529. The molecule has 0 saturated heterocycles. The Morgan fingerprint density at radius 1 is 1.28 bits per heavy atom. The van der Waals surface area contributed by atoms with Crippen molar-refractivity contribution in [3.8, 4) is 5.75 Å². The van der Waals surface area contributed by atoms with Gasteiger partial charge in [-0.2, -0.15) is 23.3 Å². The van der Waals surface area contributed by atoms with E-state index in [1.165, 1.54) is 0 Å². The first-order valence-electron chi connectivity index (χ1n) is 8.21. The largest absolute Gasteiger partial charge is 0.484 e. The van der Waals surface area contributed by atoms with Crippen molar-refractivity contribution in [2.24, 2.45) is 11.0 Å². The van der Waals surface area contributed by atoms with Crippen LogP contribution in [0.3, 0.4) is 0 Å². The fourth-order valence-electron chi connectivity index (χ4n) is 3.36. The van der Waals surface area contributed by atoms with Gasteiger partial charge in [0.1, 0.15) is 5.75 Å². The number of halogens is 3. The minimum Gasteiger partial charge on any atom is -0.484 e. The van der Waals surface area contributed by atoms with Crippen LogP contribution >= 0.6 is 0 Å². The molecule has 1 N–H and O–H groups in total. The summed E-state index contributed by atoms with van der Waals surface area (Å²) < 4.78 is 46.2. The lowest BCUT2D eigenvalue weighted by Gasteiger charge is -2.37. The zero-order chi connectivity index (χ0) is 18.1. The number of amides is 1. The Balaban J connectivity index is 1.83. The molecule has 1 aromatic rings. The molecule has 8 heteroatoms. The van der Waals surface area contributed by atoms with Crippen LogP contribution in [0, 0.1) is 5.92 Å². The Bertz CT molecular complexity index is 663. The molecule has 0 radical (unpaired) electrons. The van der Waals surface area contributed by atoms with Crippen molar-refractivity contribution in [3.63, 3.8) is 0 Å². The van der Waals surface area contributed by atoms with Crippen molar-refractivity contribution in [1.82, 2.24) is 5.01 Å². The molecule has 5 nitrogen and oxygen atoms in total. The quantitative estimate of drug-likeness (QED) is 0.905. The maximum atomic E-state index is 13.7. The Hall–Kier alpha value is -2.09. The monoisotopic (exact) mass is 356 g/mol. The van der Waals surface area contributed by atoms with Crippen molar-refractivity contribution < 1.29 is 27.8 Å². The SMILES string of the molecule is O=C(COc1ccccc1)N1N=C2CCCCC[C@H]2[C@@]1(O)C(F)(F)F. The smallest absolute Gasteiger partial charge is 0.439 e. The zero-order valence-electron chi connectivity index (χ0n) is 13.5. The summed E-state index contributed by atoms with van der Waals surface area (Å²) in [5.41, 5.74) is -3.06. The number of rotatable bonds is 3. The summed E-state index contributed by atoms with van der Waals surface area (Å²) in [5, 5.41) is 14.5. The van der Waals surface area contributed by atoms with Crippen LogP contribution in [0.15, 0.2) is 35.4 Å². The maximum Gasteiger partial charge on any atom is 0.439 e. The first kappa shape index (κ1) is 17.7. The van der Waals surface area contributed by atoms with Gasteiger partial charge in [0.2, 0.25) is 0 Å². The highest BCUT2D eigenvalue weighted by atomic mass is 19.4. The third kappa shape index (κ3) is 3.22. The van der Waals surface area contributed by atoms with E-state index in [1.54, 1.807) is 30.3 Å². The van der Waals surface area contributed by atoms with Crippen molar-refractivity contribution in [2.45, 2.75) is 44.0 Å². The Morgan fingerprint density at radius 3 is 2.68 bits per heavy atom. The molecule has 136 valence electrons. The first-order chi connectivity index (χ1) is 11.8. The van der Waals surface area contributed by atoms with E-state index in [0.29, 0.717) is 25.0 Å². The zero-order valence-corrected chi connectivity index (χ0v) is 13.5. The second kappa shape index (κ2) is 6.67. The molecule has 1 aliphatic carbocycles. The average Bonchev–Trinajstić information content (AvgIpc) is 2.74. The molecule has 3 rings (SSSR count). The van der Waals surface area contributed by atoms with Crippen LogP contribution in [0.4, 0.5) is 13.2 Å². The Morgan fingerprint density at radius 2 is 2.00 bits per heavy atom. The van der Waals surface area contributed by atoms with Gasteiger partial charge in [-0.25, -0.2) is 0 Å². The van der Waals surface area contributed by atoms with E-state index in [1.807, 2.05) is 0 Å². The number of carbonyl (C=O) groups is 1. The Labute approximate surface area is 143 Å². The van der Waals surface area contributed by atoms with E-state index < -0.39 is 30.3 Å². The highest BCUT2D eigenvalue weighted by Crippen LogP contribution is 2.47. The number of hydrazone groups is 1. The molecule has 0 spiro atoms. The lowest BCUT2D eigenvalue weighted by molar-refractivity contribution is -0.317. The van der Waals surface area contributed by atoms with Gasteiger partial charge in [-0.3, -0.25) is 4.79 Å². The van der Waals surface area contributed by atoms with Crippen LogP contribution in [0.5, 0.6) is 5.75 Å². The van der Waals surface area contributed by atoms with Crippen LogP contribution in [-0.4, -0.2) is 40.2 Å². The predicted octanol–water partition coefficient (Wildman–Crippen LogP) is 3.09. The number of para-hydroxylation sites is 1. The van der Waals surface area contributed by atoms with E-state index in [-0.39, 0.29) is 17.1 Å². The minimum absolute atomic E-state index is 0.151. The Kier molecular flexibility index (Phi) is 4.73. The number of fused-ring (bicyclic) bond motifs is 1. The summed E-state index contributed by atoms with van der Waals surface area (Å²) >= 11 is 0. The lowest BCUT2D eigenvalue weighted by Crippen LogP contribution is -2.61. The van der Waals surface area contributed by atoms with Crippen LogP contribution < -0.4 is 4.74 Å².